The van der Waals surface area contributed by atoms with Gasteiger partial charge < -0.3 is 0 Å². The Balaban J connectivity index is 1.47. The van der Waals surface area contributed by atoms with Crippen LogP contribution in [0.2, 0.25) is 0 Å². The van der Waals surface area contributed by atoms with Crippen LogP contribution in [0.15, 0.2) is 11.1 Å². The van der Waals surface area contributed by atoms with Crippen LogP contribution in [0.25, 0.3) is 0 Å². The minimum absolute atomic E-state index is 0.000382. The topological polar surface area (TPSA) is 52.7 Å². The molecule has 2 aliphatic carbocycles. The van der Waals surface area contributed by atoms with Crippen LogP contribution in [0.4, 0.5) is 0 Å². The molecule has 4 rings (SSSR count). The van der Waals surface area contributed by atoms with Gasteiger partial charge in [-0.25, -0.2) is 5.01 Å². The van der Waals surface area contributed by atoms with Gasteiger partial charge in [-0.1, -0.05) is 5.92 Å². The fraction of sp³-hybridized carbons (Fsp3) is 0.667. The number of nitrogens with zero attached hydrogens (tertiary/aromatic N) is 2. The van der Waals surface area contributed by atoms with E-state index in [1.165, 1.54) is 0 Å². The molecule has 0 aromatic rings. The van der Waals surface area contributed by atoms with Gasteiger partial charge in [0, 0.05) is 29.8 Å². The van der Waals surface area contributed by atoms with E-state index in [2.05, 4.69) is 16.4 Å². The van der Waals surface area contributed by atoms with Crippen LogP contribution in [-0.4, -0.2) is 46.9 Å². The zero-order chi connectivity index (χ0) is 16.0. The van der Waals surface area contributed by atoms with Gasteiger partial charge in [0.2, 0.25) is 0 Å². The maximum absolute atomic E-state index is 12.7. The van der Waals surface area contributed by atoms with E-state index in [4.69, 9.17) is 6.42 Å². The van der Waals surface area contributed by atoms with Gasteiger partial charge in [-0.15, -0.1) is 6.42 Å². The zero-order valence-corrected chi connectivity index (χ0v) is 13.4. The van der Waals surface area contributed by atoms with Crippen LogP contribution in [0.3, 0.4) is 0 Å². The minimum atomic E-state index is -0.000382. The predicted octanol–water partition coefficient (Wildman–Crippen LogP) is 1.22. The number of hydrogen-bond donors (Lipinski definition) is 1. The highest BCUT2D eigenvalue weighted by molar-refractivity contribution is 6.19. The van der Waals surface area contributed by atoms with Crippen LogP contribution in [0.1, 0.15) is 44.9 Å². The molecular weight excluding hydrogens is 290 g/mol. The second-order valence-electron chi connectivity index (χ2n) is 7.19. The Morgan fingerprint density at radius 2 is 1.83 bits per heavy atom. The summed E-state index contributed by atoms with van der Waals surface area (Å²) in [5.41, 5.74) is 5.08. The number of amides is 2. The molecule has 2 fully saturated rings. The second-order valence-corrected chi connectivity index (χ2v) is 7.19. The van der Waals surface area contributed by atoms with Gasteiger partial charge >= 0.3 is 0 Å². The van der Waals surface area contributed by atoms with Crippen LogP contribution >= 0.6 is 0 Å². The lowest BCUT2D eigenvalue weighted by Gasteiger charge is -2.35. The van der Waals surface area contributed by atoms with Crippen LogP contribution < -0.4 is 5.43 Å². The summed E-state index contributed by atoms with van der Waals surface area (Å²) in [5, 5.41) is 2.09. The SMILES string of the molecule is C#CCN1CC2CC(N3C(=O)C4=C(CCCC4)C3=O)CCC2N1. The molecule has 0 bridgehead atoms. The molecule has 1 saturated heterocycles. The molecular formula is C18H23N3O2. The molecule has 2 heterocycles. The van der Waals surface area contributed by atoms with Crippen molar-refractivity contribution >= 4 is 11.8 Å². The Morgan fingerprint density at radius 3 is 2.48 bits per heavy atom. The van der Waals surface area contributed by atoms with Crippen molar-refractivity contribution < 1.29 is 9.59 Å². The molecule has 1 N–H and O–H groups in total. The number of carbonyl (C=O) groups excluding carboxylic acids is 2. The molecule has 3 atom stereocenters. The van der Waals surface area contributed by atoms with E-state index >= 15 is 0 Å². The first-order valence-corrected chi connectivity index (χ1v) is 8.73. The number of carbonyl (C=O) groups is 2. The Labute approximate surface area is 137 Å². The van der Waals surface area contributed by atoms with E-state index < -0.39 is 0 Å². The Hall–Kier alpha value is -1.64. The first-order chi connectivity index (χ1) is 11.2. The van der Waals surface area contributed by atoms with Crippen LogP contribution in [-0.2, 0) is 9.59 Å². The normalized spacial score (nSPS) is 34.6. The highest BCUT2D eigenvalue weighted by atomic mass is 16.2. The first kappa shape index (κ1) is 14.9. The molecule has 5 heteroatoms. The molecule has 122 valence electrons. The Morgan fingerprint density at radius 1 is 1.13 bits per heavy atom. The van der Waals surface area contributed by atoms with Crippen molar-refractivity contribution in [1.29, 1.82) is 0 Å². The van der Waals surface area contributed by atoms with Crippen molar-refractivity contribution in [1.82, 2.24) is 15.3 Å². The van der Waals surface area contributed by atoms with Gasteiger partial charge in [-0.3, -0.25) is 19.9 Å². The van der Waals surface area contributed by atoms with Crippen molar-refractivity contribution in [3.63, 3.8) is 0 Å². The number of hydrazine groups is 1. The van der Waals surface area contributed by atoms with Crippen molar-refractivity contribution in [2.24, 2.45) is 5.92 Å². The summed E-state index contributed by atoms with van der Waals surface area (Å²) in [5.74, 6) is 3.14. The van der Waals surface area contributed by atoms with Gasteiger partial charge in [0.25, 0.3) is 11.8 Å². The van der Waals surface area contributed by atoms with E-state index in [0.29, 0.717) is 18.5 Å². The van der Waals surface area contributed by atoms with Crippen LogP contribution in [0.5, 0.6) is 0 Å². The van der Waals surface area contributed by atoms with Gasteiger partial charge in [-0.05, 0) is 50.9 Å². The first-order valence-electron chi connectivity index (χ1n) is 8.73. The number of hydrogen-bond acceptors (Lipinski definition) is 4. The van der Waals surface area contributed by atoms with E-state index in [-0.39, 0.29) is 17.9 Å². The van der Waals surface area contributed by atoms with Crippen LogP contribution in [0, 0.1) is 18.3 Å². The van der Waals surface area contributed by atoms with Crippen molar-refractivity contribution in [2.75, 3.05) is 13.1 Å². The lowest BCUT2D eigenvalue weighted by molar-refractivity contribution is -0.141. The van der Waals surface area contributed by atoms with E-state index in [9.17, 15) is 9.59 Å². The largest absolute Gasteiger partial charge is 0.272 e. The monoisotopic (exact) mass is 313 g/mol. The summed E-state index contributed by atoms with van der Waals surface area (Å²) in [6.07, 6.45) is 11.8. The van der Waals surface area contributed by atoms with Crippen molar-refractivity contribution in [3.8, 4) is 12.3 Å². The molecule has 0 aromatic heterocycles. The van der Waals surface area contributed by atoms with Crippen molar-refractivity contribution in [3.05, 3.63) is 11.1 Å². The third-order valence-corrected chi connectivity index (χ3v) is 5.83. The van der Waals surface area contributed by atoms with Gasteiger partial charge in [0.1, 0.15) is 0 Å². The minimum Gasteiger partial charge on any atom is -0.272 e. The molecule has 4 aliphatic rings. The van der Waals surface area contributed by atoms with E-state index in [0.717, 1.165) is 62.6 Å². The number of imide groups is 1. The van der Waals surface area contributed by atoms with Gasteiger partial charge in [-0.2, -0.15) is 0 Å². The van der Waals surface area contributed by atoms with E-state index in [1.54, 1.807) is 4.90 Å². The number of fused-ring (bicyclic) bond motifs is 1. The summed E-state index contributed by atoms with van der Waals surface area (Å²) >= 11 is 0. The maximum atomic E-state index is 12.7. The van der Waals surface area contributed by atoms with Gasteiger partial charge in [0.15, 0.2) is 0 Å². The quantitative estimate of drug-likeness (QED) is 0.615. The van der Waals surface area contributed by atoms with Crippen molar-refractivity contribution in [2.45, 2.75) is 57.0 Å². The zero-order valence-electron chi connectivity index (χ0n) is 13.4. The average Bonchev–Trinajstić information content (AvgIpc) is 3.07. The molecule has 3 unspecified atom stereocenters. The summed E-state index contributed by atoms with van der Waals surface area (Å²) in [4.78, 5) is 27.0. The molecule has 5 nitrogen and oxygen atoms in total. The number of terminal acetylenes is 1. The highest BCUT2D eigenvalue weighted by Crippen LogP contribution is 2.39. The molecule has 0 aromatic carbocycles. The summed E-state index contributed by atoms with van der Waals surface area (Å²) in [6.45, 7) is 1.52. The molecule has 0 radical (unpaired) electrons. The fourth-order valence-corrected chi connectivity index (χ4v) is 4.73. The second kappa shape index (κ2) is 5.77. The highest BCUT2D eigenvalue weighted by Gasteiger charge is 2.46. The smallest absolute Gasteiger partial charge is 0.257 e. The Kier molecular flexibility index (Phi) is 3.74. The van der Waals surface area contributed by atoms with Gasteiger partial charge in [0.05, 0.1) is 6.54 Å². The number of nitrogens with one attached hydrogen (secondary N) is 1. The third kappa shape index (κ3) is 2.41. The number of rotatable bonds is 2. The average molecular weight is 313 g/mol. The fourth-order valence-electron chi connectivity index (χ4n) is 4.73. The molecule has 23 heavy (non-hydrogen) atoms. The summed E-state index contributed by atoms with van der Waals surface area (Å²) < 4.78 is 0. The summed E-state index contributed by atoms with van der Waals surface area (Å²) in [6, 6.07) is 0.504. The standard InChI is InChI=1S/C18H23N3O2/c1-2-9-20-11-12-10-13(7-8-16(12)19-20)21-17(22)14-5-3-4-6-15(14)18(21)23/h1,12-13,16,19H,3-11H2. The Bertz CT molecular complexity index is 590. The molecule has 2 amide bonds. The lowest BCUT2D eigenvalue weighted by Crippen LogP contribution is -2.47. The summed E-state index contributed by atoms with van der Waals surface area (Å²) in [7, 11) is 0. The van der Waals surface area contributed by atoms with E-state index in [1.807, 2.05) is 0 Å². The lowest BCUT2D eigenvalue weighted by atomic mass is 9.82. The third-order valence-electron chi connectivity index (χ3n) is 5.83. The molecule has 1 saturated carbocycles. The predicted molar refractivity (Wildman–Crippen MR) is 85.8 cm³/mol. The molecule has 0 spiro atoms. The molecule has 2 aliphatic heterocycles. The maximum Gasteiger partial charge on any atom is 0.257 e.